The molecule has 1 aliphatic heterocycles. The highest BCUT2D eigenvalue weighted by molar-refractivity contribution is 5.67. The van der Waals surface area contributed by atoms with Crippen molar-refractivity contribution in [2.75, 3.05) is 13.1 Å². The van der Waals surface area contributed by atoms with Crippen LogP contribution < -0.4 is 15.8 Å². The van der Waals surface area contributed by atoms with Crippen LogP contribution in [0.25, 0.3) is 0 Å². The van der Waals surface area contributed by atoms with Gasteiger partial charge in [0, 0.05) is 0 Å². The van der Waals surface area contributed by atoms with Gasteiger partial charge >= 0.3 is 6.09 Å². The molecule has 0 aromatic heterocycles. The highest BCUT2D eigenvalue weighted by Gasteiger charge is 2.13. The molecule has 1 amide bonds. The lowest BCUT2D eigenvalue weighted by molar-refractivity contribution is 0.211. The van der Waals surface area contributed by atoms with Gasteiger partial charge in [-0.15, -0.1) is 0 Å². The Hall–Kier alpha value is -1.55. The van der Waals surface area contributed by atoms with Crippen LogP contribution >= 0.6 is 0 Å². The summed E-state index contributed by atoms with van der Waals surface area (Å²) >= 11 is 0. The van der Waals surface area contributed by atoms with Crippen LogP contribution in [0.15, 0.2) is 24.3 Å². The Morgan fingerprint density at radius 1 is 1.29 bits per heavy atom. The summed E-state index contributed by atoms with van der Waals surface area (Å²) < 4.78 is 4.79. The quantitative estimate of drug-likeness (QED) is 0.836. The van der Waals surface area contributed by atoms with Crippen LogP contribution in [0.4, 0.5) is 4.79 Å². The second-order valence-electron chi connectivity index (χ2n) is 4.46. The zero-order valence-corrected chi connectivity index (χ0v) is 9.82. The van der Waals surface area contributed by atoms with E-state index in [1.165, 1.54) is 18.4 Å². The molecule has 0 bridgehead atoms. The van der Waals surface area contributed by atoms with E-state index in [-0.39, 0.29) is 0 Å². The molecule has 17 heavy (non-hydrogen) atoms. The predicted octanol–water partition coefficient (Wildman–Crippen LogP) is 1.69. The lowest BCUT2D eigenvalue weighted by Gasteiger charge is -2.22. The first-order chi connectivity index (χ1) is 8.24. The molecule has 1 aliphatic rings. The van der Waals surface area contributed by atoms with E-state index in [1.807, 2.05) is 12.1 Å². The van der Waals surface area contributed by atoms with Gasteiger partial charge in [-0.3, -0.25) is 0 Å². The van der Waals surface area contributed by atoms with Gasteiger partial charge in [0.1, 0.15) is 5.75 Å². The minimum atomic E-state index is -0.767. The number of carbonyl (C=O) groups excluding carboxylic acids is 1. The maximum Gasteiger partial charge on any atom is 0.409 e. The van der Waals surface area contributed by atoms with Gasteiger partial charge in [-0.2, -0.15) is 0 Å². The molecule has 4 heteroatoms. The number of hydrogen-bond acceptors (Lipinski definition) is 3. The van der Waals surface area contributed by atoms with Crippen molar-refractivity contribution in [2.45, 2.75) is 19.3 Å². The molecular weight excluding hydrogens is 216 g/mol. The zero-order valence-electron chi connectivity index (χ0n) is 9.82. The minimum Gasteiger partial charge on any atom is -0.411 e. The number of rotatable bonds is 3. The Morgan fingerprint density at radius 2 is 1.94 bits per heavy atom. The number of primary amides is 1. The Morgan fingerprint density at radius 3 is 2.53 bits per heavy atom. The van der Waals surface area contributed by atoms with Gasteiger partial charge in [0.05, 0.1) is 0 Å². The molecule has 1 aromatic carbocycles. The van der Waals surface area contributed by atoms with Crippen LogP contribution in [0.5, 0.6) is 5.75 Å². The van der Waals surface area contributed by atoms with Crippen molar-refractivity contribution in [2.24, 2.45) is 11.7 Å². The first-order valence-electron chi connectivity index (χ1n) is 6.01. The smallest absolute Gasteiger partial charge is 0.409 e. The molecule has 92 valence electrons. The molecule has 1 aromatic rings. The highest BCUT2D eigenvalue weighted by atomic mass is 16.5. The topological polar surface area (TPSA) is 64.4 Å². The maximum absolute atomic E-state index is 10.6. The first-order valence-corrected chi connectivity index (χ1v) is 6.01. The van der Waals surface area contributed by atoms with Crippen LogP contribution in [0.1, 0.15) is 18.4 Å². The van der Waals surface area contributed by atoms with E-state index in [0.29, 0.717) is 5.75 Å². The van der Waals surface area contributed by atoms with Crippen LogP contribution in [-0.2, 0) is 6.42 Å². The maximum atomic E-state index is 10.6. The Kier molecular flexibility index (Phi) is 3.98. The van der Waals surface area contributed by atoms with Crippen molar-refractivity contribution in [3.8, 4) is 5.75 Å². The number of benzene rings is 1. The van der Waals surface area contributed by atoms with Crippen LogP contribution in [0.3, 0.4) is 0 Å². The molecule has 2 rings (SSSR count). The van der Waals surface area contributed by atoms with Gasteiger partial charge in [0.2, 0.25) is 0 Å². The molecule has 0 radical (unpaired) electrons. The minimum absolute atomic E-state index is 0.506. The number of nitrogens with two attached hydrogens (primary N) is 1. The van der Waals surface area contributed by atoms with Crippen molar-refractivity contribution >= 4 is 6.09 Å². The first kappa shape index (κ1) is 11.9. The summed E-state index contributed by atoms with van der Waals surface area (Å²) in [6, 6.07) is 7.59. The van der Waals surface area contributed by atoms with Crippen molar-refractivity contribution in [1.82, 2.24) is 5.32 Å². The van der Waals surface area contributed by atoms with E-state index in [4.69, 9.17) is 10.5 Å². The summed E-state index contributed by atoms with van der Waals surface area (Å²) in [4.78, 5) is 10.6. The monoisotopic (exact) mass is 234 g/mol. The van der Waals surface area contributed by atoms with E-state index in [1.54, 1.807) is 12.1 Å². The summed E-state index contributed by atoms with van der Waals surface area (Å²) in [5.74, 6) is 1.27. The molecule has 0 atom stereocenters. The summed E-state index contributed by atoms with van der Waals surface area (Å²) in [5.41, 5.74) is 6.23. The number of amides is 1. The van der Waals surface area contributed by atoms with Gasteiger partial charge < -0.3 is 15.8 Å². The largest absolute Gasteiger partial charge is 0.411 e. The van der Waals surface area contributed by atoms with Gasteiger partial charge in [0.25, 0.3) is 0 Å². The lowest BCUT2D eigenvalue weighted by Crippen LogP contribution is -2.28. The SMILES string of the molecule is NC(=O)Oc1ccc(CC2CCNCC2)cc1. The van der Waals surface area contributed by atoms with Gasteiger partial charge in [-0.1, -0.05) is 12.1 Å². The summed E-state index contributed by atoms with van der Waals surface area (Å²) in [5, 5.41) is 3.36. The molecular formula is C13H18N2O2. The molecule has 1 fully saturated rings. The fourth-order valence-corrected chi connectivity index (χ4v) is 2.23. The summed E-state index contributed by atoms with van der Waals surface area (Å²) in [6.07, 6.45) is 2.80. The van der Waals surface area contributed by atoms with Crippen LogP contribution in [0.2, 0.25) is 0 Å². The molecule has 1 saturated heterocycles. The zero-order chi connectivity index (χ0) is 12.1. The van der Waals surface area contributed by atoms with Gasteiger partial charge in [-0.25, -0.2) is 4.79 Å². The lowest BCUT2D eigenvalue weighted by atomic mass is 9.91. The average molecular weight is 234 g/mol. The molecule has 1 heterocycles. The van der Waals surface area contributed by atoms with Gasteiger partial charge in [0.15, 0.2) is 0 Å². The van der Waals surface area contributed by atoms with Gasteiger partial charge in [-0.05, 0) is 56.0 Å². The van der Waals surface area contributed by atoms with E-state index < -0.39 is 6.09 Å². The molecule has 0 aliphatic carbocycles. The third-order valence-corrected chi connectivity index (χ3v) is 3.12. The fourth-order valence-electron chi connectivity index (χ4n) is 2.23. The summed E-state index contributed by atoms with van der Waals surface area (Å²) in [7, 11) is 0. The Balaban J connectivity index is 1.90. The third-order valence-electron chi connectivity index (χ3n) is 3.12. The molecule has 3 N–H and O–H groups in total. The van der Waals surface area contributed by atoms with Crippen LogP contribution in [-0.4, -0.2) is 19.2 Å². The number of hydrogen-bond donors (Lipinski definition) is 2. The number of ether oxygens (including phenoxy) is 1. The Labute approximate surface area is 101 Å². The highest BCUT2D eigenvalue weighted by Crippen LogP contribution is 2.20. The van der Waals surface area contributed by atoms with Crippen molar-refractivity contribution < 1.29 is 9.53 Å². The van der Waals surface area contributed by atoms with E-state index in [0.717, 1.165) is 25.4 Å². The average Bonchev–Trinajstić information content (AvgIpc) is 2.32. The third kappa shape index (κ3) is 3.75. The number of piperidine rings is 1. The Bertz CT molecular complexity index is 370. The van der Waals surface area contributed by atoms with E-state index in [2.05, 4.69) is 5.32 Å². The molecule has 4 nitrogen and oxygen atoms in total. The molecule has 0 saturated carbocycles. The predicted molar refractivity (Wildman–Crippen MR) is 66.0 cm³/mol. The van der Waals surface area contributed by atoms with Crippen molar-refractivity contribution in [3.63, 3.8) is 0 Å². The normalized spacial score (nSPS) is 16.7. The molecule has 0 unspecified atom stereocenters. The number of nitrogens with one attached hydrogen (secondary N) is 1. The molecule has 0 spiro atoms. The number of carbonyl (C=O) groups is 1. The van der Waals surface area contributed by atoms with Crippen molar-refractivity contribution in [1.29, 1.82) is 0 Å². The van der Waals surface area contributed by atoms with Crippen molar-refractivity contribution in [3.05, 3.63) is 29.8 Å². The van der Waals surface area contributed by atoms with E-state index >= 15 is 0 Å². The standard InChI is InChI=1S/C13H18N2O2/c14-13(16)17-12-3-1-10(2-4-12)9-11-5-7-15-8-6-11/h1-4,11,15H,5-9H2,(H2,14,16). The van der Waals surface area contributed by atoms with Crippen LogP contribution in [0, 0.1) is 5.92 Å². The second kappa shape index (κ2) is 5.68. The summed E-state index contributed by atoms with van der Waals surface area (Å²) in [6.45, 7) is 2.24. The van der Waals surface area contributed by atoms with E-state index in [9.17, 15) is 4.79 Å². The fraction of sp³-hybridized carbons (Fsp3) is 0.462. The second-order valence-corrected chi connectivity index (χ2v) is 4.46.